The molecule has 0 aliphatic heterocycles. The van der Waals surface area contributed by atoms with Gasteiger partial charge in [0.1, 0.15) is 5.39 Å². The van der Waals surface area contributed by atoms with E-state index in [1.54, 1.807) is 12.1 Å². The van der Waals surface area contributed by atoms with E-state index in [-0.39, 0.29) is 24.1 Å². The predicted molar refractivity (Wildman–Crippen MR) is 63.1 cm³/mol. The van der Waals surface area contributed by atoms with Crippen molar-refractivity contribution in [3.05, 3.63) is 46.9 Å². The van der Waals surface area contributed by atoms with Crippen LogP contribution in [0.25, 0.3) is 11.0 Å². The molecule has 2 heterocycles. The summed E-state index contributed by atoms with van der Waals surface area (Å²) in [5.74, 6) is 0.373. The molecule has 0 saturated heterocycles. The number of rotatable bonds is 2. The van der Waals surface area contributed by atoms with Crippen molar-refractivity contribution in [2.45, 2.75) is 0 Å². The molecule has 2 aromatic heterocycles. The van der Waals surface area contributed by atoms with E-state index in [1.807, 2.05) is 12.1 Å². The Hall–Kier alpha value is -2.05. The van der Waals surface area contributed by atoms with Crippen LogP contribution in [0.2, 0.25) is 0 Å². The molecule has 1 radical (unpaired) electrons. The molecule has 0 spiro atoms. The maximum Gasteiger partial charge on any atom is 0.263 e. The Morgan fingerprint density at radius 2 is 2.06 bits per heavy atom. The molecule has 3 rings (SSSR count). The maximum absolute atomic E-state index is 11.6. The van der Waals surface area contributed by atoms with Crippen LogP contribution in [0.3, 0.4) is 0 Å². The summed E-state index contributed by atoms with van der Waals surface area (Å²) >= 11 is 0. The second kappa shape index (κ2) is 5.07. The summed E-state index contributed by atoms with van der Waals surface area (Å²) in [7, 11) is 0. The first-order chi connectivity index (χ1) is 8.33. The van der Waals surface area contributed by atoms with Crippen LogP contribution in [-0.4, -0.2) is 20.2 Å². The van der Waals surface area contributed by atoms with E-state index in [1.165, 1.54) is 6.20 Å². The van der Waals surface area contributed by atoms with Crippen LogP contribution in [0.4, 0.5) is 11.6 Å². The van der Waals surface area contributed by atoms with E-state index < -0.39 is 0 Å². The average molecular weight is 277 g/mol. The number of nitrogens with zero attached hydrogens (tertiary/aromatic N) is 2. The van der Waals surface area contributed by atoms with Gasteiger partial charge >= 0.3 is 0 Å². The van der Waals surface area contributed by atoms with Gasteiger partial charge in [0.15, 0.2) is 5.65 Å². The number of hydrogen-bond acceptors (Lipinski definition) is 4. The zero-order valence-electron chi connectivity index (χ0n) is 9.14. The van der Waals surface area contributed by atoms with Gasteiger partial charge in [-0.1, -0.05) is 5.69 Å². The van der Waals surface area contributed by atoms with Crippen molar-refractivity contribution in [3.63, 3.8) is 0 Å². The Bertz CT molecular complexity index is 706. The van der Waals surface area contributed by atoms with Crippen LogP contribution in [-0.2, 0) is 18.6 Å². The number of nitrogens with one attached hydrogen (secondary N) is 3. The Labute approximate surface area is 114 Å². The first-order valence-corrected chi connectivity index (χ1v) is 4.99. The molecule has 0 bridgehead atoms. The molecular weight excluding hydrogens is 269 g/mol. The molecule has 18 heavy (non-hydrogen) atoms. The van der Waals surface area contributed by atoms with Crippen molar-refractivity contribution >= 4 is 22.7 Å². The van der Waals surface area contributed by atoms with Gasteiger partial charge in [-0.15, -0.1) is 12.1 Å². The molecular formula is C11H8N5OV-. The van der Waals surface area contributed by atoms with Crippen molar-refractivity contribution < 1.29 is 18.6 Å². The fourth-order valence-electron chi connectivity index (χ4n) is 1.51. The molecule has 6 nitrogen and oxygen atoms in total. The number of fused-ring (bicyclic) bond motifs is 1. The minimum absolute atomic E-state index is 0. The minimum Gasteiger partial charge on any atom is -0.349 e. The molecule has 7 heteroatoms. The summed E-state index contributed by atoms with van der Waals surface area (Å²) in [5.41, 5.74) is 1.05. The molecule has 0 fully saturated rings. The number of aromatic nitrogens is 4. The summed E-state index contributed by atoms with van der Waals surface area (Å²) in [5, 5.41) is 9.86. The number of aromatic amines is 2. The van der Waals surface area contributed by atoms with Crippen molar-refractivity contribution in [1.82, 2.24) is 20.2 Å². The zero-order chi connectivity index (χ0) is 11.7. The Morgan fingerprint density at radius 1 is 1.28 bits per heavy atom. The van der Waals surface area contributed by atoms with Crippen LogP contribution in [0.15, 0.2) is 35.3 Å². The predicted octanol–water partition coefficient (Wildman–Crippen LogP) is 1.19. The average Bonchev–Trinajstić information content (AvgIpc) is 2.79. The van der Waals surface area contributed by atoms with E-state index in [0.717, 1.165) is 5.69 Å². The summed E-state index contributed by atoms with van der Waals surface area (Å²) in [4.78, 5) is 18.5. The molecule has 0 unspecified atom stereocenters. The fourth-order valence-corrected chi connectivity index (χ4v) is 1.51. The van der Waals surface area contributed by atoms with Crippen LogP contribution in [0.5, 0.6) is 0 Å². The summed E-state index contributed by atoms with van der Waals surface area (Å²) in [6.07, 6.45) is 1.45. The van der Waals surface area contributed by atoms with Crippen LogP contribution in [0.1, 0.15) is 0 Å². The third-order valence-electron chi connectivity index (χ3n) is 2.30. The first-order valence-electron chi connectivity index (χ1n) is 4.99. The molecule has 1 aromatic carbocycles. The number of anilines is 2. The van der Waals surface area contributed by atoms with Gasteiger partial charge in [-0.25, -0.2) is 0 Å². The van der Waals surface area contributed by atoms with E-state index in [9.17, 15) is 4.79 Å². The van der Waals surface area contributed by atoms with E-state index in [2.05, 4.69) is 31.5 Å². The molecule has 3 aromatic rings. The summed E-state index contributed by atoms with van der Waals surface area (Å²) in [6, 6.07) is 10.1. The van der Waals surface area contributed by atoms with Crippen molar-refractivity contribution in [3.8, 4) is 0 Å². The van der Waals surface area contributed by atoms with Crippen molar-refractivity contribution in [1.29, 1.82) is 0 Å². The number of benzene rings is 1. The molecule has 0 amide bonds. The van der Waals surface area contributed by atoms with Gasteiger partial charge in [0.2, 0.25) is 5.95 Å². The van der Waals surface area contributed by atoms with Crippen molar-refractivity contribution in [2.75, 3.05) is 5.32 Å². The van der Waals surface area contributed by atoms with Crippen LogP contribution >= 0.6 is 0 Å². The van der Waals surface area contributed by atoms with Gasteiger partial charge in [0.05, 0.1) is 6.20 Å². The summed E-state index contributed by atoms with van der Waals surface area (Å²) < 4.78 is 0. The Morgan fingerprint density at radius 3 is 2.83 bits per heavy atom. The van der Waals surface area contributed by atoms with E-state index in [4.69, 9.17) is 0 Å². The second-order valence-corrected chi connectivity index (χ2v) is 3.46. The van der Waals surface area contributed by atoms with Gasteiger partial charge in [0.25, 0.3) is 5.56 Å². The molecule has 89 valence electrons. The van der Waals surface area contributed by atoms with Gasteiger partial charge in [-0.05, 0) is 0 Å². The molecule has 0 atom stereocenters. The van der Waals surface area contributed by atoms with Gasteiger partial charge in [0, 0.05) is 18.6 Å². The Balaban J connectivity index is 0.00000120. The quantitative estimate of drug-likeness (QED) is 0.614. The van der Waals surface area contributed by atoms with Crippen LogP contribution < -0.4 is 10.9 Å². The summed E-state index contributed by atoms with van der Waals surface area (Å²) in [6.45, 7) is 0. The molecule has 3 N–H and O–H groups in total. The van der Waals surface area contributed by atoms with E-state index >= 15 is 0 Å². The third kappa shape index (κ3) is 2.29. The van der Waals surface area contributed by atoms with Gasteiger partial charge < -0.3 is 5.32 Å². The molecule has 0 aliphatic rings. The Kier molecular flexibility index (Phi) is 3.50. The second-order valence-electron chi connectivity index (χ2n) is 3.46. The first kappa shape index (κ1) is 12.4. The fraction of sp³-hybridized carbons (Fsp3) is 0. The maximum atomic E-state index is 11.6. The van der Waals surface area contributed by atoms with E-state index in [0.29, 0.717) is 17.0 Å². The van der Waals surface area contributed by atoms with Crippen molar-refractivity contribution in [2.24, 2.45) is 0 Å². The molecule has 0 aliphatic carbocycles. The topological polar surface area (TPSA) is 86.5 Å². The van der Waals surface area contributed by atoms with Gasteiger partial charge in [-0.3, -0.25) is 14.9 Å². The largest absolute Gasteiger partial charge is 0.349 e. The number of hydrogen-bond donors (Lipinski definition) is 3. The third-order valence-corrected chi connectivity index (χ3v) is 2.30. The smallest absolute Gasteiger partial charge is 0.263 e. The number of H-pyrrole nitrogens is 2. The SMILES string of the molecule is O=c1[nH]c(Nc2cc[c-]cc2)nc2[nH]ncc12.[V]. The van der Waals surface area contributed by atoms with Crippen LogP contribution in [0, 0.1) is 6.07 Å². The zero-order valence-corrected chi connectivity index (χ0v) is 10.5. The monoisotopic (exact) mass is 277 g/mol. The normalized spacial score (nSPS) is 10.0. The molecule has 0 saturated carbocycles. The van der Waals surface area contributed by atoms with Gasteiger partial charge in [-0.2, -0.15) is 28.3 Å². The minimum atomic E-state index is -0.228. The standard InChI is InChI=1S/C11H8N5O.V/c17-10-8-6-12-16-9(8)14-11(15-10)13-7-4-2-1-3-5-7;/h2-6H,(H3,12,13,14,15,16,17);/q-1;.